The molecule has 0 aliphatic carbocycles. The molecule has 19 heavy (non-hydrogen) atoms. The van der Waals surface area contributed by atoms with E-state index in [1.54, 1.807) is 0 Å². The largest absolute Gasteiger partial charge is 0.494 e. The summed E-state index contributed by atoms with van der Waals surface area (Å²) in [6, 6.07) is 6.08. The van der Waals surface area contributed by atoms with Crippen LogP contribution < -0.4 is 16.5 Å². The minimum atomic E-state index is -0.306. The molecule has 1 aromatic rings. The SMILES string of the molecule is CP(C)c1cc(B2OC(C)(C)C(C)(C)O2)ccc1N. The number of hydrogen-bond acceptors (Lipinski definition) is 3. The summed E-state index contributed by atoms with van der Waals surface area (Å²) in [5, 5.41) is 1.21. The van der Waals surface area contributed by atoms with Crippen molar-refractivity contribution < 1.29 is 9.31 Å². The van der Waals surface area contributed by atoms with E-state index in [-0.39, 0.29) is 26.2 Å². The molecule has 0 radical (unpaired) electrons. The summed E-state index contributed by atoms with van der Waals surface area (Å²) in [5.41, 5.74) is 7.34. The van der Waals surface area contributed by atoms with Crippen LogP contribution in [-0.2, 0) is 9.31 Å². The second-order valence-electron chi connectivity index (χ2n) is 6.30. The van der Waals surface area contributed by atoms with Gasteiger partial charge in [0.1, 0.15) is 0 Å². The predicted molar refractivity (Wildman–Crippen MR) is 85.0 cm³/mol. The summed E-state index contributed by atoms with van der Waals surface area (Å²) in [4.78, 5) is 0. The van der Waals surface area contributed by atoms with E-state index in [0.717, 1.165) is 11.2 Å². The van der Waals surface area contributed by atoms with E-state index in [2.05, 4.69) is 47.1 Å². The van der Waals surface area contributed by atoms with Crippen LogP contribution in [0, 0.1) is 0 Å². The van der Waals surface area contributed by atoms with Crippen LogP contribution in [0.15, 0.2) is 18.2 Å². The Hall–Kier alpha value is -0.565. The number of nitrogens with two attached hydrogens (primary N) is 1. The van der Waals surface area contributed by atoms with Gasteiger partial charge in [-0.05, 0) is 57.9 Å². The van der Waals surface area contributed by atoms with Crippen molar-refractivity contribution in [1.29, 1.82) is 0 Å². The lowest BCUT2D eigenvalue weighted by molar-refractivity contribution is 0.00578. The highest BCUT2D eigenvalue weighted by atomic mass is 31.1. The van der Waals surface area contributed by atoms with Crippen LogP contribution in [0.25, 0.3) is 0 Å². The molecule has 2 rings (SSSR count). The average molecular weight is 279 g/mol. The first-order valence-electron chi connectivity index (χ1n) is 6.56. The zero-order chi connectivity index (χ0) is 14.4. The summed E-state index contributed by atoms with van der Waals surface area (Å²) in [6.07, 6.45) is 0. The van der Waals surface area contributed by atoms with Gasteiger partial charge >= 0.3 is 7.12 Å². The van der Waals surface area contributed by atoms with Crippen molar-refractivity contribution >= 4 is 31.5 Å². The molecule has 104 valence electrons. The smallest absolute Gasteiger partial charge is 0.399 e. The third-order valence-electron chi connectivity index (χ3n) is 4.06. The first-order chi connectivity index (χ1) is 8.64. The maximum absolute atomic E-state index is 6.07. The fourth-order valence-electron chi connectivity index (χ4n) is 2.07. The Kier molecular flexibility index (Phi) is 3.72. The van der Waals surface area contributed by atoms with Crippen LogP contribution in [0.2, 0.25) is 0 Å². The van der Waals surface area contributed by atoms with E-state index in [1.807, 2.05) is 12.1 Å². The minimum Gasteiger partial charge on any atom is -0.399 e. The monoisotopic (exact) mass is 279 g/mol. The van der Waals surface area contributed by atoms with Gasteiger partial charge < -0.3 is 15.0 Å². The summed E-state index contributed by atoms with van der Waals surface area (Å²) in [7, 11) is -0.537. The van der Waals surface area contributed by atoms with Gasteiger partial charge in [0.25, 0.3) is 0 Å². The van der Waals surface area contributed by atoms with Crippen LogP contribution in [0.5, 0.6) is 0 Å². The molecule has 0 saturated carbocycles. The van der Waals surface area contributed by atoms with Crippen molar-refractivity contribution in [2.75, 3.05) is 19.1 Å². The van der Waals surface area contributed by atoms with Gasteiger partial charge in [0, 0.05) is 5.69 Å². The molecule has 1 aliphatic heterocycles. The molecule has 3 nitrogen and oxygen atoms in total. The standard InChI is InChI=1S/C14H23BNO2P/c1-13(2)14(3,4)18-15(17-13)10-7-8-11(16)12(9-10)19(5)6/h7-9H,16H2,1-6H3. The van der Waals surface area contributed by atoms with Crippen molar-refractivity contribution in [2.24, 2.45) is 0 Å². The van der Waals surface area contributed by atoms with Crippen LogP contribution >= 0.6 is 7.92 Å². The first-order valence-corrected chi connectivity index (χ1v) is 8.80. The van der Waals surface area contributed by atoms with Gasteiger partial charge in [-0.2, -0.15) is 0 Å². The molecule has 1 heterocycles. The lowest BCUT2D eigenvalue weighted by Crippen LogP contribution is -2.41. The van der Waals surface area contributed by atoms with Crippen molar-refractivity contribution in [3.63, 3.8) is 0 Å². The van der Waals surface area contributed by atoms with Crippen molar-refractivity contribution in [3.8, 4) is 0 Å². The summed E-state index contributed by atoms with van der Waals surface area (Å²) in [6.45, 7) is 12.7. The third kappa shape index (κ3) is 2.67. The molecule has 2 N–H and O–H groups in total. The van der Waals surface area contributed by atoms with Crippen LogP contribution in [-0.4, -0.2) is 31.7 Å². The molecule has 1 fully saturated rings. The second-order valence-corrected chi connectivity index (χ2v) is 8.57. The molecule has 1 aromatic carbocycles. The molecule has 0 spiro atoms. The minimum absolute atomic E-state index is 0.231. The van der Waals surface area contributed by atoms with Crippen molar-refractivity contribution in [3.05, 3.63) is 18.2 Å². The van der Waals surface area contributed by atoms with E-state index in [0.29, 0.717) is 0 Å². The van der Waals surface area contributed by atoms with E-state index in [1.165, 1.54) is 5.30 Å². The second kappa shape index (κ2) is 4.77. The van der Waals surface area contributed by atoms with Crippen LogP contribution in [0.1, 0.15) is 27.7 Å². The van der Waals surface area contributed by atoms with E-state index < -0.39 is 0 Å². The Balaban J connectivity index is 2.32. The molecular weight excluding hydrogens is 256 g/mol. The Bertz CT molecular complexity index is 472. The summed E-state index contributed by atoms with van der Waals surface area (Å²) >= 11 is 0. The molecule has 5 heteroatoms. The molecule has 0 bridgehead atoms. The quantitative estimate of drug-likeness (QED) is 0.511. The summed E-state index contributed by atoms with van der Waals surface area (Å²) in [5.74, 6) is 0. The van der Waals surface area contributed by atoms with E-state index in [9.17, 15) is 0 Å². The van der Waals surface area contributed by atoms with E-state index in [4.69, 9.17) is 15.0 Å². The Morgan fingerprint density at radius 3 is 2.05 bits per heavy atom. The molecule has 1 aliphatic rings. The lowest BCUT2D eigenvalue weighted by atomic mass is 9.79. The Morgan fingerprint density at radius 2 is 1.58 bits per heavy atom. The normalized spacial score (nSPS) is 21.1. The highest BCUT2D eigenvalue weighted by Gasteiger charge is 2.51. The number of nitrogen functional groups attached to an aromatic ring is 1. The third-order valence-corrected chi connectivity index (χ3v) is 5.41. The maximum Gasteiger partial charge on any atom is 0.494 e. The van der Waals surface area contributed by atoms with Crippen molar-refractivity contribution in [2.45, 2.75) is 38.9 Å². The number of benzene rings is 1. The zero-order valence-corrected chi connectivity index (χ0v) is 13.5. The maximum atomic E-state index is 6.07. The van der Waals surface area contributed by atoms with Crippen molar-refractivity contribution in [1.82, 2.24) is 0 Å². The Labute approximate surface area is 117 Å². The number of anilines is 1. The molecular formula is C14H23BNO2P. The van der Waals surface area contributed by atoms with E-state index >= 15 is 0 Å². The summed E-state index contributed by atoms with van der Waals surface area (Å²) < 4.78 is 12.1. The lowest BCUT2D eigenvalue weighted by Gasteiger charge is -2.32. The topological polar surface area (TPSA) is 44.5 Å². The van der Waals surface area contributed by atoms with Gasteiger partial charge in [-0.3, -0.25) is 0 Å². The Morgan fingerprint density at radius 1 is 1.05 bits per heavy atom. The molecule has 0 amide bonds. The molecule has 0 atom stereocenters. The average Bonchev–Trinajstić information content (AvgIpc) is 2.48. The van der Waals surface area contributed by atoms with Crippen LogP contribution in [0.4, 0.5) is 5.69 Å². The molecule has 0 aromatic heterocycles. The molecule has 1 saturated heterocycles. The number of rotatable bonds is 2. The van der Waals surface area contributed by atoms with Gasteiger partial charge in [0.05, 0.1) is 11.2 Å². The van der Waals surface area contributed by atoms with Gasteiger partial charge in [0.2, 0.25) is 0 Å². The predicted octanol–water partition coefficient (Wildman–Crippen LogP) is 1.93. The fourth-order valence-corrected chi connectivity index (χ4v) is 3.07. The van der Waals surface area contributed by atoms with Gasteiger partial charge in [-0.15, -0.1) is 0 Å². The van der Waals surface area contributed by atoms with Gasteiger partial charge in [-0.25, -0.2) is 0 Å². The van der Waals surface area contributed by atoms with Gasteiger partial charge in [-0.1, -0.05) is 20.1 Å². The zero-order valence-electron chi connectivity index (χ0n) is 12.7. The molecule has 0 unspecified atom stereocenters. The highest BCUT2D eigenvalue weighted by molar-refractivity contribution is 7.64. The van der Waals surface area contributed by atoms with Crippen LogP contribution in [0.3, 0.4) is 0 Å². The van der Waals surface area contributed by atoms with Gasteiger partial charge in [0.15, 0.2) is 0 Å². The first kappa shape index (κ1) is 14.8. The number of hydrogen-bond donors (Lipinski definition) is 1. The highest BCUT2D eigenvalue weighted by Crippen LogP contribution is 2.36. The fraction of sp³-hybridized carbons (Fsp3) is 0.571.